The minimum absolute atomic E-state index is 0.0382. The highest BCUT2D eigenvalue weighted by Gasteiger charge is 2.05. The van der Waals surface area contributed by atoms with Crippen molar-refractivity contribution in [3.05, 3.63) is 114 Å². The molecular weight excluding hydrogens is 480 g/mol. The molecule has 0 bridgehead atoms. The van der Waals surface area contributed by atoms with Gasteiger partial charge in [-0.25, -0.2) is 0 Å². The average molecular weight is 523 g/mol. The van der Waals surface area contributed by atoms with Crippen molar-refractivity contribution in [2.24, 2.45) is 0 Å². The molecule has 0 unspecified atom stereocenters. The molecule has 3 aromatic carbocycles. The number of allylic oxidation sites excluding steroid dienone is 1. The average Bonchev–Trinajstić information content (AvgIpc) is 2.98. The SMILES string of the molecule is C=Cc1ccc(CCCCCCCCCCCCC(=O)Oc2ccc(C=CC(=O)c3ccccc3)cc2)cc1. The van der Waals surface area contributed by atoms with E-state index in [0.717, 1.165) is 18.4 Å². The molecule has 39 heavy (non-hydrogen) atoms. The van der Waals surface area contributed by atoms with E-state index >= 15 is 0 Å². The number of aryl methyl sites for hydroxylation is 1. The van der Waals surface area contributed by atoms with Gasteiger partial charge >= 0.3 is 5.97 Å². The first-order valence-corrected chi connectivity index (χ1v) is 14.4. The third-order valence-electron chi connectivity index (χ3n) is 6.91. The standard InChI is InChI=1S/C36H42O3/c1-2-30-20-22-31(23-21-30)16-12-9-7-5-3-4-6-8-10-15-19-36(38)39-34-27-24-32(25-28-34)26-29-35(37)33-17-13-11-14-18-33/h2,11,13-14,17-18,20-29H,1,3-10,12,15-16,19H2. The first-order chi connectivity index (χ1) is 19.1. The van der Waals surface area contributed by atoms with Gasteiger partial charge in [0.1, 0.15) is 5.75 Å². The lowest BCUT2D eigenvalue weighted by Gasteiger charge is -2.05. The van der Waals surface area contributed by atoms with Crippen LogP contribution in [0.25, 0.3) is 12.2 Å². The van der Waals surface area contributed by atoms with Gasteiger partial charge in [0.25, 0.3) is 0 Å². The number of unbranched alkanes of at least 4 members (excludes halogenated alkanes) is 9. The van der Waals surface area contributed by atoms with E-state index in [-0.39, 0.29) is 11.8 Å². The normalized spacial score (nSPS) is 11.0. The van der Waals surface area contributed by atoms with Gasteiger partial charge in [-0.05, 0) is 54.2 Å². The fourth-order valence-corrected chi connectivity index (χ4v) is 4.53. The van der Waals surface area contributed by atoms with Crippen LogP contribution in [0.2, 0.25) is 0 Å². The third kappa shape index (κ3) is 12.1. The lowest BCUT2D eigenvalue weighted by Crippen LogP contribution is -2.07. The number of ether oxygens (including phenoxy) is 1. The zero-order valence-corrected chi connectivity index (χ0v) is 23.2. The van der Waals surface area contributed by atoms with Crippen LogP contribution in [0.5, 0.6) is 5.75 Å². The van der Waals surface area contributed by atoms with Crippen molar-refractivity contribution in [1.29, 1.82) is 0 Å². The molecule has 3 heteroatoms. The molecule has 0 saturated heterocycles. The molecule has 0 atom stereocenters. The summed E-state index contributed by atoms with van der Waals surface area (Å²) >= 11 is 0. The van der Waals surface area contributed by atoms with E-state index in [2.05, 4.69) is 30.8 Å². The summed E-state index contributed by atoms with van der Waals surface area (Å²) in [6.45, 7) is 3.80. The maximum absolute atomic E-state index is 12.2. The van der Waals surface area contributed by atoms with Crippen LogP contribution in [0.15, 0.2) is 91.5 Å². The highest BCUT2D eigenvalue weighted by Crippen LogP contribution is 2.17. The lowest BCUT2D eigenvalue weighted by molar-refractivity contribution is -0.134. The van der Waals surface area contributed by atoms with E-state index in [4.69, 9.17) is 4.74 Å². The smallest absolute Gasteiger partial charge is 0.311 e. The van der Waals surface area contributed by atoms with Crippen LogP contribution >= 0.6 is 0 Å². The van der Waals surface area contributed by atoms with Crippen LogP contribution in [0, 0.1) is 0 Å². The molecular formula is C36H42O3. The summed E-state index contributed by atoms with van der Waals surface area (Å²) in [6.07, 6.45) is 19.0. The minimum Gasteiger partial charge on any atom is -0.427 e. The summed E-state index contributed by atoms with van der Waals surface area (Å²) in [7, 11) is 0. The van der Waals surface area contributed by atoms with Crippen molar-refractivity contribution < 1.29 is 14.3 Å². The summed E-state index contributed by atoms with van der Waals surface area (Å²) in [5.41, 5.74) is 4.15. The van der Waals surface area contributed by atoms with Crippen LogP contribution in [-0.4, -0.2) is 11.8 Å². The van der Waals surface area contributed by atoms with E-state index in [0.29, 0.717) is 17.7 Å². The molecule has 204 valence electrons. The molecule has 0 radical (unpaired) electrons. The van der Waals surface area contributed by atoms with Gasteiger partial charge in [0.2, 0.25) is 0 Å². The highest BCUT2D eigenvalue weighted by molar-refractivity contribution is 6.06. The van der Waals surface area contributed by atoms with E-state index in [1.54, 1.807) is 36.4 Å². The van der Waals surface area contributed by atoms with Gasteiger partial charge in [0, 0.05) is 12.0 Å². The van der Waals surface area contributed by atoms with Gasteiger partial charge in [-0.15, -0.1) is 0 Å². The molecule has 3 rings (SSSR count). The molecule has 3 aromatic rings. The summed E-state index contributed by atoms with van der Waals surface area (Å²) in [4.78, 5) is 24.3. The summed E-state index contributed by atoms with van der Waals surface area (Å²) in [5, 5.41) is 0. The second kappa shape index (κ2) is 17.7. The molecule has 3 nitrogen and oxygen atoms in total. The molecule has 0 aliphatic carbocycles. The van der Waals surface area contributed by atoms with Crippen molar-refractivity contribution in [3.63, 3.8) is 0 Å². The number of rotatable bonds is 18. The van der Waals surface area contributed by atoms with Crippen molar-refractivity contribution in [2.75, 3.05) is 0 Å². The first kappa shape index (κ1) is 29.8. The van der Waals surface area contributed by atoms with E-state index in [1.165, 1.54) is 68.9 Å². The van der Waals surface area contributed by atoms with E-state index in [9.17, 15) is 9.59 Å². The van der Waals surface area contributed by atoms with Gasteiger partial charge in [-0.1, -0.05) is 137 Å². The zero-order chi connectivity index (χ0) is 27.5. The molecule has 0 spiro atoms. The largest absolute Gasteiger partial charge is 0.427 e. The Morgan fingerprint density at radius 1 is 0.641 bits per heavy atom. The molecule has 0 heterocycles. The van der Waals surface area contributed by atoms with Gasteiger partial charge < -0.3 is 4.74 Å². The van der Waals surface area contributed by atoms with Crippen LogP contribution in [-0.2, 0) is 11.2 Å². The Bertz CT molecular complexity index is 1160. The van der Waals surface area contributed by atoms with Crippen molar-refractivity contribution in [3.8, 4) is 5.75 Å². The minimum atomic E-state index is -0.186. The monoisotopic (exact) mass is 522 g/mol. The Morgan fingerprint density at radius 3 is 1.82 bits per heavy atom. The van der Waals surface area contributed by atoms with E-state index < -0.39 is 0 Å². The maximum atomic E-state index is 12.2. The Morgan fingerprint density at radius 2 is 1.21 bits per heavy atom. The summed E-state index contributed by atoms with van der Waals surface area (Å²) < 4.78 is 5.46. The van der Waals surface area contributed by atoms with E-state index in [1.807, 2.05) is 36.4 Å². The Labute approximate surface area is 234 Å². The number of benzene rings is 3. The summed E-state index contributed by atoms with van der Waals surface area (Å²) in [5.74, 6) is 0.315. The molecule has 0 amide bonds. The molecule has 0 saturated carbocycles. The number of esters is 1. The Kier molecular flexibility index (Phi) is 13.6. The van der Waals surface area contributed by atoms with Gasteiger partial charge in [-0.3, -0.25) is 9.59 Å². The van der Waals surface area contributed by atoms with Gasteiger partial charge in [0.15, 0.2) is 5.78 Å². The Balaban J connectivity index is 1.16. The number of hydrogen-bond acceptors (Lipinski definition) is 3. The predicted octanol–water partition coefficient (Wildman–Crippen LogP) is 9.66. The van der Waals surface area contributed by atoms with Crippen LogP contribution in [0.1, 0.15) is 97.7 Å². The maximum Gasteiger partial charge on any atom is 0.311 e. The second-order valence-corrected chi connectivity index (χ2v) is 10.1. The number of hydrogen-bond donors (Lipinski definition) is 0. The van der Waals surface area contributed by atoms with Crippen LogP contribution in [0.4, 0.5) is 0 Å². The number of carbonyl (C=O) groups is 2. The first-order valence-electron chi connectivity index (χ1n) is 14.4. The Hall–Kier alpha value is -3.72. The third-order valence-corrected chi connectivity index (χ3v) is 6.91. The molecule has 0 aromatic heterocycles. The second-order valence-electron chi connectivity index (χ2n) is 10.1. The van der Waals surface area contributed by atoms with Crippen molar-refractivity contribution in [1.82, 2.24) is 0 Å². The van der Waals surface area contributed by atoms with Crippen LogP contribution < -0.4 is 4.74 Å². The zero-order valence-electron chi connectivity index (χ0n) is 23.2. The topological polar surface area (TPSA) is 43.4 Å². The number of carbonyl (C=O) groups excluding carboxylic acids is 2. The van der Waals surface area contributed by atoms with Gasteiger partial charge in [0.05, 0.1) is 0 Å². The van der Waals surface area contributed by atoms with Crippen molar-refractivity contribution in [2.45, 2.75) is 77.0 Å². The van der Waals surface area contributed by atoms with Gasteiger partial charge in [-0.2, -0.15) is 0 Å². The fourth-order valence-electron chi connectivity index (χ4n) is 4.53. The molecule has 0 N–H and O–H groups in total. The van der Waals surface area contributed by atoms with Crippen molar-refractivity contribution >= 4 is 23.9 Å². The molecule has 0 fully saturated rings. The number of ketones is 1. The quantitative estimate of drug-likeness (QED) is 0.0549. The lowest BCUT2D eigenvalue weighted by atomic mass is 10.0. The summed E-state index contributed by atoms with van der Waals surface area (Å²) in [6, 6.07) is 25.1. The molecule has 0 aliphatic rings. The predicted molar refractivity (Wildman–Crippen MR) is 163 cm³/mol. The van der Waals surface area contributed by atoms with Crippen LogP contribution in [0.3, 0.4) is 0 Å². The molecule has 0 aliphatic heterocycles. The highest BCUT2D eigenvalue weighted by atomic mass is 16.5. The fraction of sp³-hybridized carbons (Fsp3) is 0.333.